The van der Waals surface area contributed by atoms with Gasteiger partial charge in [-0.1, -0.05) is 26.8 Å². The van der Waals surface area contributed by atoms with Gasteiger partial charge in [0, 0.05) is 11.8 Å². The van der Waals surface area contributed by atoms with Crippen LogP contribution in [0.1, 0.15) is 27.2 Å². The second-order valence-corrected chi connectivity index (χ2v) is 4.80. The number of hydrogen-bond acceptors (Lipinski definition) is 2. The molecular weight excluding hydrogens is 178 g/mol. The molecule has 1 unspecified atom stereocenters. The predicted octanol–water partition coefficient (Wildman–Crippen LogP) is 2.93. The molecular formula is C11H23NS. The zero-order chi connectivity index (χ0) is 10.1. The summed E-state index contributed by atoms with van der Waals surface area (Å²) in [5.74, 6) is 3.20. The lowest BCUT2D eigenvalue weighted by Gasteiger charge is -2.14. The highest BCUT2D eigenvalue weighted by Crippen LogP contribution is 2.09. The summed E-state index contributed by atoms with van der Waals surface area (Å²) >= 11 is 2.01. The van der Waals surface area contributed by atoms with Crippen molar-refractivity contribution in [1.29, 1.82) is 0 Å². The van der Waals surface area contributed by atoms with E-state index < -0.39 is 0 Å². The number of hydrogen-bond donors (Lipinski definition) is 1. The van der Waals surface area contributed by atoms with Crippen molar-refractivity contribution in [2.75, 3.05) is 18.1 Å². The molecule has 1 N–H and O–H groups in total. The molecule has 0 bridgehead atoms. The van der Waals surface area contributed by atoms with Crippen molar-refractivity contribution in [2.45, 2.75) is 33.2 Å². The molecule has 0 saturated heterocycles. The first-order valence-electron chi connectivity index (χ1n) is 5.14. The zero-order valence-corrected chi connectivity index (χ0v) is 9.99. The Morgan fingerprint density at radius 1 is 1.38 bits per heavy atom. The van der Waals surface area contributed by atoms with E-state index in [0.29, 0.717) is 6.04 Å². The summed E-state index contributed by atoms with van der Waals surface area (Å²) in [7, 11) is 0. The molecule has 0 heterocycles. The van der Waals surface area contributed by atoms with Crippen LogP contribution in [0.2, 0.25) is 0 Å². The Bertz CT molecular complexity index is 123. The van der Waals surface area contributed by atoms with Crippen molar-refractivity contribution in [3.63, 3.8) is 0 Å². The molecule has 0 aromatic carbocycles. The Balaban J connectivity index is 3.42. The van der Waals surface area contributed by atoms with Crippen molar-refractivity contribution < 1.29 is 0 Å². The van der Waals surface area contributed by atoms with Crippen molar-refractivity contribution >= 4 is 11.8 Å². The van der Waals surface area contributed by atoms with Crippen LogP contribution in [0.15, 0.2) is 12.7 Å². The Hall–Kier alpha value is 0.0500. The van der Waals surface area contributed by atoms with Gasteiger partial charge in [-0.2, -0.15) is 11.8 Å². The van der Waals surface area contributed by atoms with Gasteiger partial charge in [-0.25, -0.2) is 0 Å². The molecule has 0 rings (SSSR count). The molecule has 0 fully saturated rings. The van der Waals surface area contributed by atoms with Gasteiger partial charge in [0.15, 0.2) is 0 Å². The van der Waals surface area contributed by atoms with Gasteiger partial charge >= 0.3 is 0 Å². The van der Waals surface area contributed by atoms with E-state index in [1.807, 2.05) is 17.8 Å². The van der Waals surface area contributed by atoms with Crippen LogP contribution in [0, 0.1) is 5.92 Å². The van der Waals surface area contributed by atoms with Crippen LogP contribution in [-0.2, 0) is 0 Å². The fourth-order valence-electron chi connectivity index (χ4n) is 0.971. The SMILES string of the molecule is C=CC(CSCC(C)C)NCCC. The fourth-order valence-corrected chi connectivity index (χ4v) is 2.09. The van der Waals surface area contributed by atoms with Crippen LogP contribution < -0.4 is 5.32 Å². The predicted molar refractivity (Wildman–Crippen MR) is 64.4 cm³/mol. The molecule has 0 spiro atoms. The maximum absolute atomic E-state index is 3.84. The third-order valence-corrected chi connectivity index (χ3v) is 3.19. The summed E-state index contributed by atoms with van der Waals surface area (Å²) in [6.07, 6.45) is 3.21. The molecule has 78 valence electrons. The third kappa shape index (κ3) is 8.38. The van der Waals surface area contributed by atoms with Crippen LogP contribution in [0.4, 0.5) is 0 Å². The number of nitrogens with one attached hydrogen (secondary N) is 1. The molecule has 1 nitrogen and oxygen atoms in total. The van der Waals surface area contributed by atoms with Gasteiger partial charge in [0.05, 0.1) is 0 Å². The second-order valence-electron chi connectivity index (χ2n) is 3.73. The smallest absolute Gasteiger partial charge is 0.0338 e. The first-order chi connectivity index (χ1) is 6.20. The van der Waals surface area contributed by atoms with Gasteiger partial charge < -0.3 is 5.32 Å². The minimum Gasteiger partial charge on any atom is -0.310 e. The maximum Gasteiger partial charge on any atom is 0.0338 e. The Morgan fingerprint density at radius 3 is 2.54 bits per heavy atom. The topological polar surface area (TPSA) is 12.0 Å². The molecule has 0 saturated carbocycles. The maximum atomic E-state index is 3.84. The summed E-state index contributed by atoms with van der Waals surface area (Å²) in [6, 6.07) is 0.490. The summed E-state index contributed by atoms with van der Waals surface area (Å²) in [5, 5.41) is 3.45. The van der Waals surface area contributed by atoms with Gasteiger partial charge in [-0.3, -0.25) is 0 Å². The van der Waals surface area contributed by atoms with E-state index in [2.05, 4.69) is 32.7 Å². The standard InChI is InChI=1S/C11H23NS/c1-5-7-12-11(6-2)9-13-8-10(3)4/h6,10-12H,2,5,7-9H2,1,3-4H3. The third-order valence-electron chi connectivity index (χ3n) is 1.69. The van der Waals surface area contributed by atoms with Crippen LogP contribution in [0.3, 0.4) is 0 Å². The number of thioether (sulfide) groups is 1. The molecule has 0 aromatic heterocycles. The monoisotopic (exact) mass is 201 g/mol. The van der Waals surface area contributed by atoms with Crippen LogP contribution in [-0.4, -0.2) is 24.1 Å². The molecule has 2 heteroatoms. The van der Waals surface area contributed by atoms with Gasteiger partial charge in [-0.15, -0.1) is 6.58 Å². The van der Waals surface area contributed by atoms with E-state index in [9.17, 15) is 0 Å². The highest BCUT2D eigenvalue weighted by molar-refractivity contribution is 7.99. The summed E-state index contributed by atoms with van der Waals surface area (Å²) in [4.78, 5) is 0. The molecule has 0 aromatic rings. The Labute approximate surface area is 87.4 Å². The number of rotatable bonds is 8. The van der Waals surface area contributed by atoms with E-state index in [4.69, 9.17) is 0 Å². The largest absolute Gasteiger partial charge is 0.310 e. The van der Waals surface area contributed by atoms with Crippen molar-refractivity contribution in [3.8, 4) is 0 Å². The minimum absolute atomic E-state index is 0.490. The van der Waals surface area contributed by atoms with Gasteiger partial charge in [0.25, 0.3) is 0 Å². The molecule has 0 aliphatic rings. The second kappa shape index (κ2) is 8.64. The average Bonchev–Trinajstić information content (AvgIpc) is 2.10. The summed E-state index contributed by atoms with van der Waals surface area (Å²) in [6.45, 7) is 11.6. The Kier molecular flexibility index (Phi) is 8.67. The van der Waals surface area contributed by atoms with Crippen molar-refractivity contribution in [2.24, 2.45) is 5.92 Å². The van der Waals surface area contributed by atoms with Crippen LogP contribution >= 0.6 is 11.8 Å². The first-order valence-corrected chi connectivity index (χ1v) is 6.29. The van der Waals surface area contributed by atoms with Crippen LogP contribution in [0.25, 0.3) is 0 Å². The fraction of sp³-hybridized carbons (Fsp3) is 0.818. The zero-order valence-electron chi connectivity index (χ0n) is 9.18. The van der Waals surface area contributed by atoms with Crippen molar-refractivity contribution in [3.05, 3.63) is 12.7 Å². The first kappa shape index (κ1) is 13.1. The van der Waals surface area contributed by atoms with E-state index in [1.165, 1.54) is 12.2 Å². The lowest BCUT2D eigenvalue weighted by Crippen LogP contribution is -2.30. The molecule has 13 heavy (non-hydrogen) atoms. The molecule has 1 atom stereocenters. The molecule has 0 radical (unpaired) electrons. The van der Waals surface area contributed by atoms with Crippen LogP contribution in [0.5, 0.6) is 0 Å². The van der Waals surface area contributed by atoms with E-state index >= 15 is 0 Å². The highest BCUT2D eigenvalue weighted by Gasteiger charge is 2.02. The van der Waals surface area contributed by atoms with E-state index in [1.54, 1.807) is 0 Å². The van der Waals surface area contributed by atoms with Crippen molar-refractivity contribution in [1.82, 2.24) is 5.32 Å². The normalized spacial score (nSPS) is 13.2. The molecule has 0 amide bonds. The average molecular weight is 201 g/mol. The van der Waals surface area contributed by atoms with Gasteiger partial charge in [0.2, 0.25) is 0 Å². The Morgan fingerprint density at radius 2 is 2.08 bits per heavy atom. The lowest BCUT2D eigenvalue weighted by atomic mass is 10.3. The van der Waals surface area contributed by atoms with E-state index in [-0.39, 0.29) is 0 Å². The van der Waals surface area contributed by atoms with Gasteiger partial charge in [0.1, 0.15) is 0 Å². The summed E-state index contributed by atoms with van der Waals surface area (Å²) in [5.41, 5.74) is 0. The lowest BCUT2D eigenvalue weighted by molar-refractivity contribution is 0.629. The quantitative estimate of drug-likeness (QED) is 0.606. The summed E-state index contributed by atoms with van der Waals surface area (Å²) < 4.78 is 0. The molecule has 0 aliphatic heterocycles. The molecule has 0 aliphatic carbocycles. The van der Waals surface area contributed by atoms with Gasteiger partial charge in [-0.05, 0) is 24.6 Å². The van der Waals surface area contributed by atoms with E-state index in [0.717, 1.165) is 18.2 Å². The highest BCUT2D eigenvalue weighted by atomic mass is 32.2. The minimum atomic E-state index is 0.490.